The molecule has 162 valence electrons. The molecular weight excluding hydrogens is 529 g/mol. The van der Waals surface area contributed by atoms with E-state index in [1.165, 1.54) is 0 Å². The molecular formula is C27H18InN3O3. The third-order valence-corrected chi connectivity index (χ3v) is 9.28. The molecule has 6 rings (SSSR count). The average molecular weight is 547 g/mol. The van der Waals surface area contributed by atoms with Crippen LogP contribution in [0.25, 0.3) is 32.7 Å². The Kier molecular flexibility index (Phi) is 5.61. The number of para-hydroxylation sites is 3. The SMILES string of the molecule is c1cnc2c([O][In]([O]c3cccc4cccnc34)[O]c3cccc4cccnc34)cccc2c1. The van der Waals surface area contributed by atoms with Crippen LogP contribution in [-0.4, -0.2) is 37.7 Å². The van der Waals surface area contributed by atoms with Crippen molar-refractivity contribution in [1.29, 1.82) is 0 Å². The summed E-state index contributed by atoms with van der Waals surface area (Å²) in [5.74, 6) is 1.92. The van der Waals surface area contributed by atoms with Gasteiger partial charge < -0.3 is 0 Å². The fourth-order valence-corrected chi connectivity index (χ4v) is 7.71. The monoisotopic (exact) mass is 547 g/mol. The van der Waals surface area contributed by atoms with Gasteiger partial charge in [-0.1, -0.05) is 0 Å². The Morgan fingerprint density at radius 3 is 1.09 bits per heavy atom. The summed E-state index contributed by atoms with van der Waals surface area (Å²) in [6, 6.07) is 29.3. The number of fused-ring (bicyclic) bond motifs is 3. The van der Waals surface area contributed by atoms with Crippen molar-refractivity contribution < 1.29 is 8.56 Å². The fourth-order valence-electron chi connectivity index (χ4n) is 3.90. The van der Waals surface area contributed by atoms with Gasteiger partial charge in [-0.25, -0.2) is 0 Å². The molecule has 0 aliphatic rings. The predicted octanol–water partition coefficient (Wildman–Crippen LogP) is 5.85. The molecule has 0 unspecified atom stereocenters. The Morgan fingerprint density at radius 1 is 0.412 bits per heavy atom. The maximum atomic E-state index is 6.48. The third-order valence-electron chi connectivity index (χ3n) is 5.46. The van der Waals surface area contributed by atoms with E-state index in [-0.39, 0.29) is 0 Å². The van der Waals surface area contributed by atoms with E-state index in [0.717, 1.165) is 32.7 Å². The van der Waals surface area contributed by atoms with Crippen LogP contribution in [0.1, 0.15) is 0 Å². The predicted molar refractivity (Wildman–Crippen MR) is 133 cm³/mol. The second kappa shape index (κ2) is 9.19. The molecule has 0 aliphatic carbocycles. The standard InChI is InChI=1S/3C9H7NO.In/c3*11-8-5-1-3-7-4-2-6-10-9(7)8;/h3*1-6,11H;/q;;;+3/p-3. The van der Waals surface area contributed by atoms with Gasteiger partial charge >= 0.3 is 206 Å². The van der Waals surface area contributed by atoms with Crippen LogP contribution in [0.3, 0.4) is 0 Å². The number of hydrogen-bond donors (Lipinski definition) is 0. The van der Waals surface area contributed by atoms with E-state index in [2.05, 4.69) is 15.0 Å². The van der Waals surface area contributed by atoms with E-state index in [9.17, 15) is 0 Å². The molecule has 0 atom stereocenters. The van der Waals surface area contributed by atoms with Gasteiger partial charge in [0.1, 0.15) is 0 Å². The second-order valence-corrected chi connectivity index (χ2v) is 11.3. The van der Waals surface area contributed by atoms with Crippen molar-refractivity contribution in [2.45, 2.75) is 0 Å². The Hall–Kier alpha value is -3.84. The molecule has 34 heavy (non-hydrogen) atoms. The molecule has 6 aromatic rings. The maximum absolute atomic E-state index is 6.48. The average Bonchev–Trinajstić information content (AvgIpc) is 2.89. The topological polar surface area (TPSA) is 66.4 Å². The van der Waals surface area contributed by atoms with Crippen LogP contribution < -0.4 is 8.56 Å². The number of pyridine rings is 3. The van der Waals surface area contributed by atoms with Crippen molar-refractivity contribution in [3.05, 3.63) is 110 Å². The first-order valence-electron chi connectivity index (χ1n) is 10.9. The Bertz CT molecular complexity index is 1420. The molecule has 0 fully saturated rings. The summed E-state index contributed by atoms with van der Waals surface area (Å²) in [7, 11) is 0. The van der Waals surface area contributed by atoms with Crippen LogP contribution in [0.4, 0.5) is 0 Å². The van der Waals surface area contributed by atoms with Crippen LogP contribution >= 0.6 is 0 Å². The molecule has 0 aliphatic heterocycles. The van der Waals surface area contributed by atoms with Crippen molar-refractivity contribution in [3.8, 4) is 17.2 Å². The van der Waals surface area contributed by atoms with Crippen LogP contribution in [0, 0.1) is 0 Å². The zero-order chi connectivity index (χ0) is 22.7. The van der Waals surface area contributed by atoms with Gasteiger partial charge in [0.05, 0.1) is 0 Å². The van der Waals surface area contributed by atoms with Gasteiger partial charge in [-0.2, -0.15) is 0 Å². The molecule has 0 bridgehead atoms. The second-order valence-electron chi connectivity index (χ2n) is 7.64. The summed E-state index contributed by atoms with van der Waals surface area (Å²) in [5, 5.41) is 2.97. The van der Waals surface area contributed by atoms with Gasteiger partial charge in [-0.3, -0.25) is 0 Å². The Labute approximate surface area is 205 Å². The van der Waals surface area contributed by atoms with Gasteiger partial charge in [0, 0.05) is 0 Å². The van der Waals surface area contributed by atoms with Crippen LogP contribution in [-0.2, 0) is 0 Å². The molecule has 3 heterocycles. The van der Waals surface area contributed by atoms with Crippen molar-refractivity contribution >= 4 is 55.5 Å². The summed E-state index contributed by atoms with van der Waals surface area (Å²) in [5.41, 5.74) is 2.31. The van der Waals surface area contributed by atoms with Crippen molar-refractivity contribution in [2.75, 3.05) is 0 Å². The van der Waals surface area contributed by atoms with Crippen LogP contribution in [0.5, 0.6) is 17.2 Å². The fraction of sp³-hybridized carbons (Fsp3) is 0. The Balaban J connectivity index is 1.42. The number of nitrogens with zero attached hydrogens (tertiary/aromatic N) is 3. The minimum atomic E-state index is -3.75. The molecule has 0 saturated carbocycles. The van der Waals surface area contributed by atoms with Crippen LogP contribution in [0.15, 0.2) is 110 Å². The molecule has 0 radical (unpaired) electrons. The van der Waals surface area contributed by atoms with E-state index in [0.29, 0.717) is 17.2 Å². The van der Waals surface area contributed by atoms with Gasteiger partial charge in [0.15, 0.2) is 0 Å². The molecule has 0 spiro atoms. The molecule has 7 heteroatoms. The summed E-state index contributed by atoms with van der Waals surface area (Å²) < 4.78 is 19.4. The number of aromatic nitrogens is 3. The summed E-state index contributed by atoms with van der Waals surface area (Å²) in [6.45, 7) is 0. The molecule has 0 N–H and O–H groups in total. The van der Waals surface area contributed by atoms with Crippen molar-refractivity contribution in [1.82, 2.24) is 15.0 Å². The van der Waals surface area contributed by atoms with E-state index in [1.54, 1.807) is 18.6 Å². The first-order valence-corrected chi connectivity index (χ1v) is 14.9. The third kappa shape index (κ3) is 4.10. The first-order chi connectivity index (χ1) is 16.8. The van der Waals surface area contributed by atoms with Gasteiger partial charge in [0.25, 0.3) is 0 Å². The molecule has 0 amide bonds. The van der Waals surface area contributed by atoms with E-state index >= 15 is 0 Å². The normalized spacial score (nSPS) is 10.9. The van der Waals surface area contributed by atoms with Gasteiger partial charge in [-0.15, -0.1) is 0 Å². The molecule has 6 nitrogen and oxygen atoms in total. The van der Waals surface area contributed by atoms with Crippen molar-refractivity contribution in [3.63, 3.8) is 0 Å². The summed E-state index contributed by atoms with van der Waals surface area (Å²) >= 11 is -3.75. The molecule has 0 saturated heterocycles. The number of benzene rings is 3. The zero-order valence-electron chi connectivity index (χ0n) is 18.0. The molecule has 3 aromatic carbocycles. The van der Waals surface area contributed by atoms with Gasteiger partial charge in [0.2, 0.25) is 0 Å². The van der Waals surface area contributed by atoms with Gasteiger partial charge in [-0.05, 0) is 0 Å². The quantitative estimate of drug-likeness (QED) is 0.261. The number of hydrogen-bond acceptors (Lipinski definition) is 6. The van der Waals surface area contributed by atoms with Crippen molar-refractivity contribution in [2.24, 2.45) is 0 Å². The van der Waals surface area contributed by atoms with E-state index in [4.69, 9.17) is 8.56 Å². The van der Waals surface area contributed by atoms with E-state index in [1.807, 2.05) is 91.0 Å². The number of rotatable bonds is 6. The summed E-state index contributed by atoms with van der Waals surface area (Å²) in [6.07, 6.45) is 5.26. The first kappa shape index (κ1) is 20.7. The van der Waals surface area contributed by atoms with E-state index < -0.39 is 22.7 Å². The van der Waals surface area contributed by atoms with Crippen LogP contribution in [0.2, 0.25) is 0 Å². The minimum absolute atomic E-state index is 0.639. The zero-order valence-corrected chi connectivity index (χ0v) is 21.3. The molecule has 3 aromatic heterocycles. The Morgan fingerprint density at radius 2 is 0.735 bits per heavy atom. The summed E-state index contributed by atoms with van der Waals surface area (Å²) in [4.78, 5) is 13.6.